The van der Waals surface area contributed by atoms with Crippen LogP contribution >= 0.6 is 0 Å². The molecule has 4 N–H and O–H groups in total. The van der Waals surface area contributed by atoms with Crippen molar-refractivity contribution in [3.8, 4) is 0 Å². The number of anilines is 1. The number of aliphatic hydroxyl groups is 1. The van der Waals surface area contributed by atoms with Crippen LogP contribution in [0, 0.1) is 0 Å². The van der Waals surface area contributed by atoms with E-state index in [0.29, 0.717) is 5.69 Å². The van der Waals surface area contributed by atoms with Crippen LogP contribution in [-0.2, 0) is 0 Å². The topological polar surface area (TPSA) is 58.3 Å². The summed E-state index contributed by atoms with van der Waals surface area (Å²) in [6, 6.07) is 7.22. The van der Waals surface area contributed by atoms with E-state index >= 15 is 0 Å². The van der Waals surface area contributed by atoms with E-state index in [9.17, 15) is 5.11 Å². The molecule has 0 aliphatic rings. The Morgan fingerprint density at radius 2 is 2.09 bits per heavy atom. The van der Waals surface area contributed by atoms with E-state index in [0.717, 1.165) is 5.56 Å². The van der Waals surface area contributed by atoms with Gasteiger partial charge in [0.1, 0.15) is 6.23 Å². The maximum absolute atomic E-state index is 9.32. The van der Waals surface area contributed by atoms with Crippen LogP contribution < -0.4 is 11.1 Å². The van der Waals surface area contributed by atoms with E-state index < -0.39 is 6.23 Å². The summed E-state index contributed by atoms with van der Waals surface area (Å²) in [5, 5.41) is 12.0. The Labute approximate surface area is 65.8 Å². The fourth-order valence-electron chi connectivity index (χ4n) is 0.915. The molecule has 0 aromatic heterocycles. The molecule has 0 aliphatic carbocycles. The molecule has 0 amide bonds. The summed E-state index contributed by atoms with van der Waals surface area (Å²) in [5.74, 6) is 0. The van der Waals surface area contributed by atoms with Crippen molar-refractivity contribution in [1.82, 2.24) is 5.32 Å². The predicted octanol–water partition coefficient (Wildman–Crippen LogP) is 0.479. The standard InChI is InChI=1S/C8H12N2O/c1-10-8(11)6-4-2-3-5-7(6)9/h2-5,8,10-11H,9H2,1H3. The second-order valence-electron chi connectivity index (χ2n) is 2.32. The summed E-state index contributed by atoms with van der Waals surface area (Å²) < 4.78 is 0. The van der Waals surface area contributed by atoms with E-state index in [1.54, 1.807) is 19.2 Å². The first-order chi connectivity index (χ1) is 5.25. The Kier molecular flexibility index (Phi) is 2.46. The zero-order valence-electron chi connectivity index (χ0n) is 6.41. The van der Waals surface area contributed by atoms with Gasteiger partial charge < -0.3 is 10.8 Å². The second-order valence-corrected chi connectivity index (χ2v) is 2.32. The van der Waals surface area contributed by atoms with Gasteiger partial charge in [0, 0.05) is 11.3 Å². The number of hydrogen-bond donors (Lipinski definition) is 3. The molecule has 3 nitrogen and oxygen atoms in total. The van der Waals surface area contributed by atoms with Crippen molar-refractivity contribution in [1.29, 1.82) is 0 Å². The third-order valence-corrected chi connectivity index (χ3v) is 1.56. The fourth-order valence-corrected chi connectivity index (χ4v) is 0.915. The Bertz CT molecular complexity index is 237. The van der Waals surface area contributed by atoms with Gasteiger partial charge in [-0.05, 0) is 13.1 Å². The zero-order chi connectivity index (χ0) is 8.27. The minimum absolute atomic E-state index is 0.606. The van der Waals surface area contributed by atoms with Crippen LogP contribution in [0.25, 0.3) is 0 Å². The first-order valence-corrected chi connectivity index (χ1v) is 3.45. The highest BCUT2D eigenvalue weighted by Crippen LogP contribution is 2.16. The summed E-state index contributed by atoms with van der Waals surface area (Å²) >= 11 is 0. The van der Waals surface area contributed by atoms with Crippen LogP contribution in [0.3, 0.4) is 0 Å². The van der Waals surface area contributed by atoms with Gasteiger partial charge in [0.25, 0.3) is 0 Å². The van der Waals surface area contributed by atoms with Gasteiger partial charge in [0.15, 0.2) is 0 Å². The molecule has 1 aromatic carbocycles. The van der Waals surface area contributed by atoms with Crippen molar-refractivity contribution in [2.24, 2.45) is 0 Å². The van der Waals surface area contributed by atoms with Gasteiger partial charge in [-0.3, -0.25) is 5.32 Å². The summed E-state index contributed by atoms with van der Waals surface area (Å²) in [5.41, 5.74) is 6.92. The van der Waals surface area contributed by atoms with E-state index in [-0.39, 0.29) is 0 Å². The molecule has 0 saturated heterocycles. The van der Waals surface area contributed by atoms with Crippen molar-refractivity contribution in [3.05, 3.63) is 29.8 Å². The number of nitrogen functional groups attached to an aromatic ring is 1. The number of benzene rings is 1. The maximum Gasteiger partial charge on any atom is 0.132 e. The van der Waals surface area contributed by atoms with Gasteiger partial charge in [0.2, 0.25) is 0 Å². The number of hydrogen-bond acceptors (Lipinski definition) is 3. The van der Waals surface area contributed by atoms with Gasteiger partial charge >= 0.3 is 0 Å². The first kappa shape index (κ1) is 8.04. The molecule has 0 aliphatic heterocycles. The minimum atomic E-state index is -0.670. The number of para-hydroxylation sites is 1. The monoisotopic (exact) mass is 152 g/mol. The predicted molar refractivity (Wildman–Crippen MR) is 44.9 cm³/mol. The lowest BCUT2D eigenvalue weighted by atomic mass is 10.1. The van der Waals surface area contributed by atoms with Gasteiger partial charge in [0.05, 0.1) is 0 Å². The smallest absolute Gasteiger partial charge is 0.132 e. The van der Waals surface area contributed by atoms with Gasteiger partial charge in [-0.1, -0.05) is 18.2 Å². The van der Waals surface area contributed by atoms with Crippen molar-refractivity contribution in [2.75, 3.05) is 12.8 Å². The van der Waals surface area contributed by atoms with Crippen LogP contribution in [-0.4, -0.2) is 12.2 Å². The van der Waals surface area contributed by atoms with E-state index in [1.165, 1.54) is 0 Å². The molecule has 1 rings (SSSR count). The highest BCUT2D eigenvalue weighted by molar-refractivity contribution is 5.47. The molecule has 0 radical (unpaired) electrons. The van der Waals surface area contributed by atoms with Crippen LogP contribution in [0.2, 0.25) is 0 Å². The first-order valence-electron chi connectivity index (χ1n) is 3.45. The lowest BCUT2D eigenvalue weighted by Crippen LogP contribution is -2.16. The second kappa shape index (κ2) is 3.37. The van der Waals surface area contributed by atoms with E-state index in [4.69, 9.17) is 5.73 Å². The lowest BCUT2D eigenvalue weighted by molar-refractivity contribution is 0.150. The quantitative estimate of drug-likeness (QED) is 0.426. The molecule has 0 saturated carbocycles. The number of rotatable bonds is 2. The highest BCUT2D eigenvalue weighted by Gasteiger charge is 2.05. The van der Waals surface area contributed by atoms with Gasteiger partial charge in [-0.25, -0.2) is 0 Å². The molecule has 0 fully saturated rings. The van der Waals surface area contributed by atoms with E-state index in [1.807, 2.05) is 12.1 Å². The third kappa shape index (κ3) is 1.69. The Balaban J connectivity index is 2.93. The van der Waals surface area contributed by atoms with E-state index in [2.05, 4.69) is 5.32 Å². The van der Waals surface area contributed by atoms with Crippen LogP contribution in [0.5, 0.6) is 0 Å². The molecular weight excluding hydrogens is 140 g/mol. The van der Waals surface area contributed by atoms with Crippen LogP contribution in [0.4, 0.5) is 5.69 Å². The molecule has 60 valence electrons. The lowest BCUT2D eigenvalue weighted by Gasteiger charge is -2.11. The Hall–Kier alpha value is -1.06. The molecule has 0 heterocycles. The molecular formula is C8H12N2O. The summed E-state index contributed by atoms with van der Waals surface area (Å²) in [6.45, 7) is 0. The molecule has 1 unspecified atom stereocenters. The number of aliphatic hydroxyl groups excluding tert-OH is 1. The fraction of sp³-hybridized carbons (Fsp3) is 0.250. The Morgan fingerprint density at radius 1 is 1.45 bits per heavy atom. The summed E-state index contributed by atoms with van der Waals surface area (Å²) in [7, 11) is 1.68. The molecule has 0 bridgehead atoms. The van der Waals surface area contributed by atoms with Crippen molar-refractivity contribution in [2.45, 2.75) is 6.23 Å². The minimum Gasteiger partial charge on any atom is -0.398 e. The molecule has 3 heteroatoms. The van der Waals surface area contributed by atoms with Crippen molar-refractivity contribution >= 4 is 5.69 Å². The van der Waals surface area contributed by atoms with Gasteiger partial charge in [-0.15, -0.1) is 0 Å². The molecule has 0 spiro atoms. The number of nitrogens with one attached hydrogen (secondary N) is 1. The molecule has 1 atom stereocenters. The normalized spacial score (nSPS) is 12.9. The highest BCUT2D eigenvalue weighted by atomic mass is 16.3. The molecule has 11 heavy (non-hydrogen) atoms. The van der Waals surface area contributed by atoms with Crippen molar-refractivity contribution in [3.63, 3.8) is 0 Å². The van der Waals surface area contributed by atoms with Crippen molar-refractivity contribution < 1.29 is 5.11 Å². The number of nitrogens with two attached hydrogens (primary N) is 1. The maximum atomic E-state index is 9.32. The van der Waals surface area contributed by atoms with Crippen LogP contribution in [0.15, 0.2) is 24.3 Å². The SMILES string of the molecule is CNC(O)c1ccccc1N. The Morgan fingerprint density at radius 3 is 2.64 bits per heavy atom. The molecule has 1 aromatic rings. The third-order valence-electron chi connectivity index (χ3n) is 1.56. The average Bonchev–Trinajstić information content (AvgIpc) is 2.04. The van der Waals surface area contributed by atoms with Crippen LogP contribution in [0.1, 0.15) is 11.8 Å². The average molecular weight is 152 g/mol. The summed E-state index contributed by atoms with van der Waals surface area (Å²) in [4.78, 5) is 0. The largest absolute Gasteiger partial charge is 0.398 e. The zero-order valence-corrected chi connectivity index (χ0v) is 6.41. The summed E-state index contributed by atoms with van der Waals surface area (Å²) in [6.07, 6.45) is -0.670. The van der Waals surface area contributed by atoms with Gasteiger partial charge in [-0.2, -0.15) is 0 Å².